The molecule has 6 aromatic heterocycles. The molecule has 4 aliphatic rings. The number of ether oxygens (including phenoxy) is 4. The molecule has 24 heteroatoms. The Morgan fingerprint density at radius 2 is 0.726 bits per heavy atom. The second-order valence-corrected chi connectivity index (χ2v) is 28.8. The fraction of sp³-hybridized carbons (Fsp3) is 0.213. The minimum atomic E-state index is -0.664. The van der Waals surface area contributed by atoms with Gasteiger partial charge in [-0.15, -0.1) is 48.4 Å². The Morgan fingerprint density at radius 3 is 1.11 bits per heavy atom. The van der Waals surface area contributed by atoms with Crippen molar-refractivity contribution in [3.05, 3.63) is 303 Å². The van der Waals surface area contributed by atoms with E-state index in [1.807, 2.05) is 181 Å². The van der Waals surface area contributed by atoms with E-state index in [0.29, 0.717) is 22.8 Å². The fourth-order valence-corrected chi connectivity index (χ4v) is 16.3. The van der Waals surface area contributed by atoms with Crippen LogP contribution in [0.1, 0.15) is 201 Å². The maximum absolute atomic E-state index is 13.4. The molecule has 4 atom stereocenters. The summed E-state index contributed by atoms with van der Waals surface area (Å²) in [6.07, 6.45) is 29.9. The van der Waals surface area contributed by atoms with Crippen molar-refractivity contribution < 1.29 is 48.1 Å². The summed E-state index contributed by atoms with van der Waals surface area (Å²) in [4.78, 5) is 90.4. The highest BCUT2D eigenvalue weighted by Crippen LogP contribution is 2.42. The van der Waals surface area contributed by atoms with Crippen LogP contribution in [0.2, 0.25) is 0 Å². The van der Waals surface area contributed by atoms with Gasteiger partial charge in [0.2, 0.25) is 0 Å². The number of esters is 2. The van der Waals surface area contributed by atoms with Crippen LogP contribution in [0, 0.1) is 77.1 Å². The van der Waals surface area contributed by atoms with Gasteiger partial charge in [-0.25, -0.2) is 49.1 Å². The number of nitrogens with zero attached hydrogens (tertiary/aromatic N) is 12. The molecule has 0 N–H and O–H groups in total. The van der Waals surface area contributed by atoms with Gasteiger partial charge in [0.25, 0.3) is 0 Å². The minimum absolute atomic E-state index is 0. The molecule has 564 valence electrons. The predicted octanol–water partition coefficient (Wildman–Crippen LogP) is 16.2. The number of hydrogen-bond donors (Lipinski definition) is 0. The maximum Gasteiger partial charge on any atom is 0.361 e. The van der Waals surface area contributed by atoms with E-state index in [-0.39, 0.29) is 57.7 Å². The topological polar surface area (TPSA) is 229 Å². The molecule has 4 unspecified atom stereocenters. The van der Waals surface area contributed by atoms with Gasteiger partial charge < -0.3 is 23.5 Å². The lowest BCUT2D eigenvalue weighted by molar-refractivity contribution is -0.350. The van der Waals surface area contributed by atoms with Crippen molar-refractivity contribution in [2.45, 2.75) is 100 Å². The summed E-state index contributed by atoms with van der Waals surface area (Å²) in [5, 5.41) is 0. The molecule has 0 bridgehead atoms. The van der Waals surface area contributed by atoms with Crippen LogP contribution >= 0.6 is 22.7 Å². The summed E-state index contributed by atoms with van der Waals surface area (Å²) < 4.78 is 29.5. The summed E-state index contributed by atoms with van der Waals surface area (Å²) >= 11 is 3.01. The molecule has 0 fully saturated rings. The van der Waals surface area contributed by atoms with Gasteiger partial charge in [0, 0.05) is 44.5 Å². The molecule has 10 heterocycles. The smallest absolute Gasteiger partial charge is 0.361 e. The van der Waals surface area contributed by atoms with E-state index in [1.54, 1.807) is 25.3 Å². The Hall–Kier alpha value is -12.8. The quantitative estimate of drug-likeness (QED) is 0.0173. The van der Waals surface area contributed by atoms with Crippen molar-refractivity contribution in [2.75, 3.05) is 27.2 Å². The molecule has 0 saturated carbocycles. The third-order valence-electron chi connectivity index (χ3n) is 19.6. The second-order valence-electron chi connectivity index (χ2n) is 26.7. The molecule has 0 aliphatic carbocycles. The fourth-order valence-electron chi connectivity index (χ4n) is 14.3. The largest absolute Gasteiger partial charge is 0.434 e. The zero-order valence-electron chi connectivity index (χ0n) is 62.3. The van der Waals surface area contributed by atoms with E-state index < -0.39 is 37.6 Å². The first-order chi connectivity index (χ1) is 54.5. The maximum atomic E-state index is 13.4. The van der Waals surface area contributed by atoms with Gasteiger partial charge in [-0.3, -0.25) is 33.7 Å². The molecule has 12 aromatic rings. The van der Waals surface area contributed by atoms with Crippen LogP contribution in [-0.2, 0) is 51.7 Å². The number of rotatable bonds is 20. The number of benzene rings is 6. The Morgan fingerprint density at radius 1 is 0.389 bits per heavy atom. The van der Waals surface area contributed by atoms with Gasteiger partial charge >= 0.3 is 11.9 Å². The van der Waals surface area contributed by atoms with Crippen molar-refractivity contribution in [2.24, 2.45) is 20.0 Å². The van der Waals surface area contributed by atoms with Crippen molar-refractivity contribution in [1.29, 1.82) is 0 Å². The summed E-state index contributed by atoms with van der Waals surface area (Å²) in [6.45, 7) is 14.8. The number of aryl methyl sites for hydroxylation is 4. The Balaban J connectivity index is 0.000000186. The molecule has 4 aliphatic heterocycles. The molecule has 6 aromatic carbocycles. The van der Waals surface area contributed by atoms with E-state index in [4.69, 9.17) is 84.2 Å². The summed E-state index contributed by atoms with van der Waals surface area (Å²) in [5.74, 6) is 9.65. The molecular weight excluding hydrogens is 1460 g/mol. The Bertz CT molecular complexity index is 6030. The van der Waals surface area contributed by atoms with Gasteiger partial charge in [-0.05, 0) is 126 Å². The number of aromatic nitrogens is 8. The highest BCUT2D eigenvalue weighted by Gasteiger charge is 2.35. The Labute approximate surface area is 662 Å². The molecule has 22 nitrogen and oxygen atoms in total. The Kier molecular flexibility index (Phi) is 22.7. The lowest BCUT2D eigenvalue weighted by Crippen LogP contribution is -2.14. The zero-order chi connectivity index (χ0) is 77.8. The lowest BCUT2D eigenvalue weighted by atomic mass is 9.95. The highest BCUT2D eigenvalue weighted by molar-refractivity contribution is 7.15. The van der Waals surface area contributed by atoms with Crippen LogP contribution in [0.15, 0.2) is 191 Å². The average Bonchev–Trinajstić information content (AvgIpc) is 1.69. The van der Waals surface area contributed by atoms with Crippen LogP contribution < -0.4 is 0 Å². The number of aliphatic imine (C=N–C) groups is 4. The van der Waals surface area contributed by atoms with Crippen LogP contribution in [-0.4, -0.2) is 100 Å². The first-order valence-electron chi connectivity index (χ1n) is 35.8. The van der Waals surface area contributed by atoms with E-state index in [2.05, 4.69) is 81.7 Å². The number of thiophene rings is 2. The normalized spacial score (nSPS) is 15.3. The zero-order valence-corrected chi connectivity index (χ0v) is 63.9. The van der Waals surface area contributed by atoms with Gasteiger partial charge in [0.05, 0.1) is 136 Å². The van der Waals surface area contributed by atoms with E-state index in [9.17, 15) is 9.59 Å². The standard InChI is InChI=1S/C46H38N6O5.C42H34N6O5S2.CH4/c1-7-32-17-19-39-36(21-32)41(34-15-11-9-13-28(34)3)49-30(5)44-38(47-24-51(39)44)23-56-57-27-54-26-55-46(53)43-45-31(6)50-42(35-16-12-10-14-29(35)4)37-22-33(8-2)18-20-40(37)52(45)25-48-43;1-7-28-17-33-40(54-28)35(30-15-11-9-13-24(30)3)45-26(5)38-32(43-20-47(33)38)19-52-53-23-50-22-51-42(49)37-39-27(6)46-36(31-16-12-10-14-25(31)4)41-34(48(39)21-44-37)18-29(8-2)55-41;/h1-2,9-22,24-25,30-31H,23,26-27H2,3-6H3;1-2,9-18,20-21,26-27H,19,22-23H2,3-6H3;1H4. The number of carbonyl (C=O) groups excluding carboxylic acids is 2. The van der Waals surface area contributed by atoms with E-state index in [0.717, 1.165) is 143 Å². The van der Waals surface area contributed by atoms with Crippen LogP contribution in [0.4, 0.5) is 0 Å². The van der Waals surface area contributed by atoms with Crippen LogP contribution in [0.5, 0.6) is 0 Å². The van der Waals surface area contributed by atoms with Gasteiger partial charge in [0.1, 0.15) is 25.9 Å². The lowest BCUT2D eigenvalue weighted by Gasteiger charge is -2.14. The van der Waals surface area contributed by atoms with Gasteiger partial charge in [-0.2, -0.15) is 0 Å². The minimum Gasteiger partial charge on any atom is -0.434 e. The van der Waals surface area contributed by atoms with Gasteiger partial charge in [0.15, 0.2) is 38.6 Å². The molecule has 0 spiro atoms. The van der Waals surface area contributed by atoms with E-state index in [1.165, 1.54) is 22.7 Å². The first-order valence-corrected chi connectivity index (χ1v) is 37.4. The molecule has 113 heavy (non-hydrogen) atoms. The number of carbonyl (C=O) groups is 2. The van der Waals surface area contributed by atoms with E-state index >= 15 is 0 Å². The van der Waals surface area contributed by atoms with Gasteiger partial charge in [-0.1, -0.05) is 128 Å². The van der Waals surface area contributed by atoms with Crippen molar-refractivity contribution >= 4 is 57.5 Å². The number of imidazole rings is 4. The third-order valence-corrected chi connectivity index (χ3v) is 21.7. The monoisotopic (exact) mass is 1540 g/mol. The average molecular weight is 1540 g/mol. The van der Waals surface area contributed by atoms with Crippen molar-refractivity contribution in [3.63, 3.8) is 0 Å². The summed E-state index contributed by atoms with van der Waals surface area (Å²) in [5.41, 5.74) is 22.9. The molecule has 0 amide bonds. The highest BCUT2D eigenvalue weighted by atomic mass is 32.1. The first kappa shape index (κ1) is 76.9. The second kappa shape index (κ2) is 33.4. The summed E-state index contributed by atoms with van der Waals surface area (Å²) in [7, 11) is 0. The summed E-state index contributed by atoms with van der Waals surface area (Å²) in [6, 6.07) is 46.5. The predicted molar refractivity (Wildman–Crippen MR) is 434 cm³/mol. The van der Waals surface area contributed by atoms with Crippen LogP contribution in [0.3, 0.4) is 0 Å². The molecule has 0 saturated heterocycles. The number of hydrogen-bond acceptors (Lipinski definition) is 20. The molecular formula is C89H76N12O10S2. The number of fused-ring (bicyclic) bond motifs is 12. The number of terminal acetylenes is 4. The van der Waals surface area contributed by atoms with Crippen LogP contribution in [0.25, 0.3) is 22.7 Å². The molecule has 16 rings (SSSR count). The SMILES string of the molecule is C.C#Cc1cc2c(s1)C(c1ccccc1C)=NC(C)c1c(COOCOCOC(=O)c3ncn4c3C(C)N=C(c3ccccc3C)c3sc(C#C)cc3-4)ncn1-2.C#Cc1ccc2c(c1)C(c1ccccc1C)=NC(C)c1c(COOCOCOC(=O)c3ncn4c3C(C)N=C(c3ccccc3C)c3cc(C#C)ccc3-4)ncn1-2. The third kappa shape index (κ3) is 15.1. The molecule has 0 radical (unpaired) electrons. The van der Waals surface area contributed by atoms with Crippen molar-refractivity contribution in [3.8, 4) is 72.1 Å². The van der Waals surface area contributed by atoms with Crippen molar-refractivity contribution in [1.82, 2.24) is 38.2 Å².